The van der Waals surface area contributed by atoms with Crippen LogP contribution in [-0.4, -0.2) is 17.4 Å². The second kappa shape index (κ2) is 4.45. The Bertz CT molecular complexity index is 299. The fraction of sp³-hybridized carbons (Fsp3) is 0.333. The van der Waals surface area contributed by atoms with Crippen molar-refractivity contribution >= 4 is 11.6 Å². The van der Waals surface area contributed by atoms with Crippen molar-refractivity contribution in [2.24, 2.45) is 0 Å². The first kappa shape index (κ1) is 9.51. The number of anilines is 1. The molecular formula is C9H13N3O. The smallest absolute Gasteiger partial charge is 0.253 e. The highest BCUT2D eigenvalue weighted by atomic mass is 16.1. The summed E-state index contributed by atoms with van der Waals surface area (Å²) in [6.45, 7) is 2.66. The van der Waals surface area contributed by atoms with Crippen LogP contribution >= 0.6 is 0 Å². The van der Waals surface area contributed by atoms with Gasteiger partial charge in [0.15, 0.2) is 0 Å². The van der Waals surface area contributed by atoms with Crippen molar-refractivity contribution in [3.63, 3.8) is 0 Å². The van der Waals surface area contributed by atoms with Crippen LogP contribution in [0.25, 0.3) is 0 Å². The number of carbonyl (C=O) groups is 1. The third-order valence-corrected chi connectivity index (χ3v) is 1.63. The predicted molar refractivity (Wildman–Crippen MR) is 51.3 cm³/mol. The highest BCUT2D eigenvalue weighted by Crippen LogP contribution is 2.07. The molecule has 13 heavy (non-hydrogen) atoms. The summed E-state index contributed by atoms with van der Waals surface area (Å²) >= 11 is 0. The molecular weight excluding hydrogens is 166 g/mol. The normalized spacial score (nSPS) is 9.62. The Morgan fingerprint density at radius 3 is 3.08 bits per heavy atom. The molecule has 0 fully saturated rings. The first-order valence-electron chi connectivity index (χ1n) is 4.23. The number of nitrogens with two attached hydrogens (primary N) is 1. The summed E-state index contributed by atoms with van der Waals surface area (Å²) in [6.07, 6.45) is 3.94. The maximum absolute atomic E-state index is 11.4. The van der Waals surface area contributed by atoms with E-state index in [1.807, 2.05) is 6.92 Å². The van der Waals surface area contributed by atoms with Gasteiger partial charge in [-0.15, -0.1) is 0 Å². The van der Waals surface area contributed by atoms with E-state index in [-0.39, 0.29) is 5.91 Å². The largest absolute Gasteiger partial charge is 0.397 e. The molecule has 0 saturated heterocycles. The molecule has 1 amide bonds. The molecule has 3 N–H and O–H groups in total. The number of pyridine rings is 1. The molecule has 70 valence electrons. The molecule has 0 radical (unpaired) electrons. The van der Waals surface area contributed by atoms with Crippen molar-refractivity contribution in [1.82, 2.24) is 10.3 Å². The van der Waals surface area contributed by atoms with Crippen molar-refractivity contribution in [3.8, 4) is 0 Å². The lowest BCUT2D eigenvalue weighted by Crippen LogP contribution is -2.24. The zero-order valence-electron chi connectivity index (χ0n) is 7.58. The third-order valence-electron chi connectivity index (χ3n) is 1.63. The van der Waals surface area contributed by atoms with Gasteiger partial charge in [0.2, 0.25) is 0 Å². The Labute approximate surface area is 77.2 Å². The molecule has 1 heterocycles. The molecule has 1 rings (SSSR count). The van der Waals surface area contributed by atoms with Crippen LogP contribution < -0.4 is 11.1 Å². The Kier molecular flexibility index (Phi) is 3.25. The summed E-state index contributed by atoms with van der Waals surface area (Å²) in [5.41, 5.74) is 6.47. The zero-order valence-corrected chi connectivity index (χ0v) is 7.58. The third kappa shape index (κ3) is 2.43. The summed E-state index contributed by atoms with van der Waals surface area (Å²) in [5.74, 6) is -0.137. The number of nitrogen functional groups attached to an aromatic ring is 1. The fourth-order valence-corrected chi connectivity index (χ4v) is 0.947. The van der Waals surface area contributed by atoms with E-state index >= 15 is 0 Å². The van der Waals surface area contributed by atoms with Gasteiger partial charge in [-0.2, -0.15) is 0 Å². The van der Waals surface area contributed by atoms with Crippen LogP contribution in [0.4, 0.5) is 5.69 Å². The molecule has 0 bridgehead atoms. The highest BCUT2D eigenvalue weighted by molar-refractivity contribution is 5.98. The number of nitrogens with one attached hydrogen (secondary N) is 1. The maximum atomic E-state index is 11.4. The molecule has 0 atom stereocenters. The van der Waals surface area contributed by atoms with Crippen LogP contribution in [-0.2, 0) is 0 Å². The Hall–Kier alpha value is -1.58. The average Bonchev–Trinajstić information content (AvgIpc) is 2.15. The minimum Gasteiger partial charge on any atom is -0.397 e. The number of nitrogens with zero attached hydrogens (tertiary/aromatic N) is 1. The molecule has 1 aromatic rings. The highest BCUT2D eigenvalue weighted by Gasteiger charge is 2.07. The first-order chi connectivity index (χ1) is 6.25. The summed E-state index contributed by atoms with van der Waals surface area (Å²) in [4.78, 5) is 15.2. The van der Waals surface area contributed by atoms with Crippen molar-refractivity contribution in [2.45, 2.75) is 13.3 Å². The number of hydrogen-bond donors (Lipinski definition) is 2. The van der Waals surface area contributed by atoms with Crippen molar-refractivity contribution in [2.75, 3.05) is 12.3 Å². The van der Waals surface area contributed by atoms with Crippen molar-refractivity contribution in [3.05, 3.63) is 24.0 Å². The first-order valence-corrected chi connectivity index (χ1v) is 4.23. The molecule has 1 aromatic heterocycles. The van der Waals surface area contributed by atoms with E-state index in [1.54, 1.807) is 12.3 Å². The van der Waals surface area contributed by atoms with Crippen LogP contribution in [0.3, 0.4) is 0 Å². The van der Waals surface area contributed by atoms with Gasteiger partial charge in [-0.3, -0.25) is 9.78 Å². The quantitative estimate of drug-likeness (QED) is 0.721. The summed E-state index contributed by atoms with van der Waals surface area (Å²) in [5, 5.41) is 2.74. The summed E-state index contributed by atoms with van der Waals surface area (Å²) < 4.78 is 0. The number of amides is 1. The molecule has 4 nitrogen and oxygen atoms in total. The topological polar surface area (TPSA) is 68.0 Å². The van der Waals surface area contributed by atoms with Gasteiger partial charge in [0.25, 0.3) is 5.91 Å². The molecule has 0 aliphatic rings. The van der Waals surface area contributed by atoms with Crippen LogP contribution in [0.15, 0.2) is 18.5 Å². The van der Waals surface area contributed by atoms with Gasteiger partial charge in [0.05, 0.1) is 17.4 Å². The Balaban J connectivity index is 2.71. The lowest BCUT2D eigenvalue weighted by molar-refractivity contribution is 0.0954. The van der Waals surface area contributed by atoms with Crippen molar-refractivity contribution in [1.29, 1.82) is 0 Å². The maximum Gasteiger partial charge on any atom is 0.253 e. The number of rotatable bonds is 3. The van der Waals surface area contributed by atoms with Gasteiger partial charge in [-0.1, -0.05) is 6.92 Å². The van der Waals surface area contributed by atoms with Crippen LogP contribution in [0.2, 0.25) is 0 Å². The molecule has 4 heteroatoms. The number of carbonyl (C=O) groups excluding carboxylic acids is 1. The standard InChI is InChI=1S/C9H13N3O/c1-2-4-12-9(13)7-3-5-11-6-8(7)10/h3,5-6H,2,4,10H2,1H3,(H,12,13). The minimum absolute atomic E-state index is 0.137. The van der Waals surface area contributed by atoms with Gasteiger partial charge < -0.3 is 11.1 Å². The lowest BCUT2D eigenvalue weighted by Gasteiger charge is -2.04. The average molecular weight is 179 g/mol. The van der Waals surface area contributed by atoms with E-state index in [0.717, 1.165) is 6.42 Å². The Morgan fingerprint density at radius 2 is 2.46 bits per heavy atom. The summed E-state index contributed by atoms with van der Waals surface area (Å²) in [7, 11) is 0. The second-order valence-electron chi connectivity index (χ2n) is 2.72. The molecule has 0 spiro atoms. The van der Waals surface area contributed by atoms with Crippen LogP contribution in [0, 0.1) is 0 Å². The van der Waals surface area contributed by atoms with Gasteiger partial charge in [-0.05, 0) is 12.5 Å². The van der Waals surface area contributed by atoms with E-state index in [0.29, 0.717) is 17.8 Å². The SMILES string of the molecule is CCCNC(=O)c1ccncc1N. The predicted octanol–water partition coefficient (Wildman–Crippen LogP) is 0.804. The van der Waals surface area contributed by atoms with Gasteiger partial charge in [-0.25, -0.2) is 0 Å². The number of aromatic nitrogens is 1. The van der Waals surface area contributed by atoms with Crippen LogP contribution in [0.1, 0.15) is 23.7 Å². The zero-order chi connectivity index (χ0) is 9.68. The van der Waals surface area contributed by atoms with Gasteiger partial charge in [0, 0.05) is 12.7 Å². The number of hydrogen-bond acceptors (Lipinski definition) is 3. The van der Waals surface area contributed by atoms with E-state index in [9.17, 15) is 4.79 Å². The molecule has 0 unspecified atom stereocenters. The van der Waals surface area contributed by atoms with E-state index < -0.39 is 0 Å². The summed E-state index contributed by atoms with van der Waals surface area (Å²) in [6, 6.07) is 1.61. The second-order valence-corrected chi connectivity index (χ2v) is 2.72. The van der Waals surface area contributed by atoms with Crippen molar-refractivity contribution < 1.29 is 4.79 Å². The molecule has 0 aliphatic carbocycles. The van der Waals surface area contributed by atoms with E-state index in [4.69, 9.17) is 5.73 Å². The Morgan fingerprint density at radius 1 is 1.69 bits per heavy atom. The van der Waals surface area contributed by atoms with Crippen LogP contribution in [0.5, 0.6) is 0 Å². The molecule has 0 aliphatic heterocycles. The fourth-order valence-electron chi connectivity index (χ4n) is 0.947. The van der Waals surface area contributed by atoms with Gasteiger partial charge in [0.1, 0.15) is 0 Å². The minimum atomic E-state index is -0.137. The van der Waals surface area contributed by atoms with E-state index in [1.165, 1.54) is 6.20 Å². The lowest BCUT2D eigenvalue weighted by atomic mass is 10.2. The molecule has 0 aromatic carbocycles. The monoisotopic (exact) mass is 179 g/mol. The van der Waals surface area contributed by atoms with E-state index in [2.05, 4.69) is 10.3 Å². The van der Waals surface area contributed by atoms with Gasteiger partial charge >= 0.3 is 0 Å². The molecule has 0 saturated carbocycles.